The molecule has 0 heterocycles. The molecule has 6 heteroatoms. The molecule has 6 nitrogen and oxygen atoms in total. The first-order chi connectivity index (χ1) is 9.04. The first-order valence-corrected chi connectivity index (χ1v) is 6.25. The summed E-state index contributed by atoms with van der Waals surface area (Å²) < 4.78 is 9.50. The van der Waals surface area contributed by atoms with E-state index in [2.05, 4.69) is 6.58 Å². The van der Waals surface area contributed by atoms with Gasteiger partial charge in [0.05, 0.1) is 19.6 Å². The Morgan fingerprint density at radius 3 is 2.16 bits per heavy atom. The number of ether oxygens (including phenoxy) is 2. The molecule has 0 aromatic rings. The fourth-order valence-corrected chi connectivity index (χ4v) is 1.37. The molecule has 0 spiro atoms. The van der Waals surface area contributed by atoms with Gasteiger partial charge in [-0.05, 0) is 13.8 Å². The molecule has 0 aliphatic rings. The Morgan fingerprint density at radius 1 is 1.05 bits per heavy atom. The molecule has 19 heavy (non-hydrogen) atoms. The third-order valence-corrected chi connectivity index (χ3v) is 2.18. The van der Waals surface area contributed by atoms with E-state index in [1.165, 1.54) is 11.0 Å². The summed E-state index contributed by atoms with van der Waals surface area (Å²) >= 11 is 0. The second-order valence-corrected chi connectivity index (χ2v) is 3.67. The Labute approximate surface area is 113 Å². The summed E-state index contributed by atoms with van der Waals surface area (Å²) in [6.45, 7) is 7.56. The van der Waals surface area contributed by atoms with Crippen LogP contribution in [-0.2, 0) is 23.9 Å². The lowest BCUT2D eigenvalue weighted by molar-refractivity contribution is -0.149. The Morgan fingerprint density at radius 2 is 1.63 bits per heavy atom. The van der Waals surface area contributed by atoms with Crippen LogP contribution in [0.4, 0.5) is 0 Å². The van der Waals surface area contributed by atoms with Crippen LogP contribution < -0.4 is 0 Å². The molecule has 0 N–H and O–H groups in total. The normalized spacial score (nSPS) is 9.58. The number of carbonyl (C=O) groups is 3. The molecule has 0 saturated heterocycles. The van der Waals surface area contributed by atoms with Crippen molar-refractivity contribution in [2.45, 2.75) is 26.7 Å². The van der Waals surface area contributed by atoms with E-state index in [1.807, 2.05) is 0 Å². The van der Waals surface area contributed by atoms with Gasteiger partial charge < -0.3 is 14.4 Å². The fraction of sp³-hybridized carbons (Fsp3) is 0.615. The van der Waals surface area contributed by atoms with Gasteiger partial charge in [-0.3, -0.25) is 14.4 Å². The quantitative estimate of drug-likeness (QED) is 0.460. The van der Waals surface area contributed by atoms with Crippen molar-refractivity contribution in [2.24, 2.45) is 0 Å². The van der Waals surface area contributed by atoms with E-state index in [0.29, 0.717) is 0 Å². The van der Waals surface area contributed by atoms with Crippen LogP contribution in [0.5, 0.6) is 0 Å². The Bertz CT molecular complexity index is 327. The van der Waals surface area contributed by atoms with Crippen LogP contribution in [0, 0.1) is 0 Å². The van der Waals surface area contributed by atoms with Crippen LogP contribution in [0.15, 0.2) is 12.7 Å². The van der Waals surface area contributed by atoms with Gasteiger partial charge in [-0.25, -0.2) is 0 Å². The minimum absolute atomic E-state index is 0.00312. The second-order valence-electron chi connectivity index (χ2n) is 3.67. The zero-order chi connectivity index (χ0) is 14.7. The fourth-order valence-electron chi connectivity index (χ4n) is 1.37. The molecular weight excluding hydrogens is 250 g/mol. The SMILES string of the molecule is C=CCN(CC(=O)OCC)C(=O)CCC(=O)OCC. The zero-order valence-corrected chi connectivity index (χ0v) is 11.5. The summed E-state index contributed by atoms with van der Waals surface area (Å²) in [5.41, 5.74) is 0. The number of esters is 2. The smallest absolute Gasteiger partial charge is 0.325 e. The summed E-state index contributed by atoms with van der Waals surface area (Å²) in [6, 6.07) is 0. The molecule has 108 valence electrons. The van der Waals surface area contributed by atoms with Gasteiger partial charge in [-0.2, -0.15) is 0 Å². The highest BCUT2D eigenvalue weighted by Crippen LogP contribution is 2.01. The van der Waals surface area contributed by atoms with E-state index >= 15 is 0 Å². The molecule has 1 amide bonds. The topological polar surface area (TPSA) is 72.9 Å². The standard InChI is InChI=1S/C13H21NO5/c1-4-9-14(10-13(17)19-6-3)11(15)7-8-12(16)18-5-2/h4H,1,5-10H2,2-3H3. The Kier molecular flexibility index (Phi) is 9.12. The van der Waals surface area contributed by atoms with Crippen molar-refractivity contribution in [3.05, 3.63) is 12.7 Å². The average molecular weight is 271 g/mol. The van der Waals surface area contributed by atoms with Crippen LogP contribution in [0.1, 0.15) is 26.7 Å². The molecule has 0 aromatic carbocycles. The van der Waals surface area contributed by atoms with Gasteiger partial charge in [-0.15, -0.1) is 6.58 Å². The number of rotatable bonds is 9. The minimum atomic E-state index is -0.478. The Balaban J connectivity index is 4.28. The van der Waals surface area contributed by atoms with Gasteiger partial charge in [0.1, 0.15) is 6.54 Å². The molecule has 0 aliphatic carbocycles. The van der Waals surface area contributed by atoms with Crippen molar-refractivity contribution in [2.75, 3.05) is 26.3 Å². The number of amides is 1. The molecule has 0 fully saturated rings. The van der Waals surface area contributed by atoms with Crippen molar-refractivity contribution >= 4 is 17.8 Å². The van der Waals surface area contributed by atoms with Gasteiger partial charge in [-0.1, -0.05) is 6.08 Å². The van der Waals surface area contributed by atoms with E-state index in [9.17, 15) is 14.4 Å². The monoisotopic (exact) mass is 271 g/mol. The van der Waals surface area contributed by atoms with Gasteiger partial charge >= 0.3 is 11.9 Å². The maximum absolute atomic E-state index is 11.8. The number of nitrogens with zero attached hydrogens (tertiary/aromatic N) is 1. The van der Waals surface area contributed by atoms with Crippen molar-refractivity contribution in [1.29, 1.82) is 0 Å². The highest BCUT2D eigenvalue weighted by molar-refractivity contribution is 5.84. The molecule has 0 aliphatic heterocycles. The Hall–Kier alpha value is -1.85. The molecule has 0 rings (SSSR count). The molecule has 0 radical (unpaired) electrons. The summed E-state index contributed by atoms with van der Waals surface area (Å²) in [6.07, 6.45) is 1.52. The third kappa shape index (κ3) is 7.96. The van der Waals surface area contributed by atoms with Crippen LogP contribution in [0.3, 0.4) is 0 Å². The average Bonchev–Trinajstić information content (AvgIpc) is 2.36. The lowest BCUT2D eigenvalue weighted by atomic mass is 10.2. The van der Waals surface area contributed by atoms with E-state index in [0.717, 1.165) is 0 Å². The van der Waals surface area contributed by atoms with Gasteiger partial charge in [0.2, 0.25) is 5.91 Å². The van der Waals surface area contributed by atoms with Gasteiger partial charge in [0.25, 0.3) is 0 Å². The molecule has 0 unspecified atom stereocenters. The highest BCUT2D eigenvalue weighted by Gasteiger charge is 2.17. The third-order valence-electron chi connectivity index (χ3n) is 2.18. The molecule has 0 atom stereocenters. The summed E-state index contributed by atoms with van der Waals surface area (Å²) in [7, 11) is 0. The van der Waals surface area contributed by atoms with E-state index in [-0.39, 0.29) is 45.1 Å². The summed E-state index contributed by atoms with van der Waals surface area (Å²) in [4.78, 5) is 35.6. The number of carbonyl (C=O) groups excluding carboxylic acids is 3. The van der Waals surface area contributed by atoms with E-state index < -0.39 is 11.9 Å². The second kappa shape index (κ2) is 10.1. The van der Waals surface area contributed by atoms with Gasteiger partial charge in [0, 0.05) is 13.0 Å². The molecule has 0 bridgehead atoms. The maximum atomic E-state index is 11.8. The largest absolute Gasteiger partial charge is 0.466 e. The minimum Gasteiger partial charge on any atom is -0.466 e. The van der Waals surface area contributed by atoms with Crippen molar-refractivity contribution in [3.8, 4) is 0 Å². The predicted molar refractivity (Wildman–Crippen MR) is 69.3 cm³/mol. The van der Waals surface area contributed by atoms with E-state index in [1.54, 1.807) is 13.8 Å². The predicted octanol–water partition coefficient (Wildman–Crippen LogP) is 0.907. The molecule has 0 aromatic heterocycles. The van der Waals surface area contributed by atoms with Crippen molar-refractivity contribution in [3.63, 3.8) is 0 Å². The van der Waals surface area contributed by atoms with Crippen LogP contribution >= 0.6 is 0 Å². The zero-order valence-electron chi connectivity index (χ0n) is 11.5. The highest BCUT2D eigenvalue weighted by atomic mass is 16.5. The van der Waals surface area contributed by atoms with Crippen LogP contribution in [0.25, 0.3) is 0 Å². The maximum Gasteiger partial charge on any atom is 0.325 e. The summed E-state index contributed by atoms with van der Waals surface area (Å²) in [5.74, 6) is -1.21. The first-order valence-electron chi connectivity index (χ1n) is 6.25. The molecule has 0 saturated carbocycles. The van der Waals surface area contributed by atoms with Gasteiger partial charge in [0.15, 0.2) is 0 Å². The lowest BCUT2D eigenvalue weighted by Crippen LogP contribution is -2.36. The summed E-state index contributed by atoms with van der Waals surface area (Å²) in [5, 5.41) is 0. The van der Waals surface area contributed by atoms with Crippen molar-refractivity contribution in [1.82, 2.24) is 4.90 Å². The first kappa shape index (κ1) is 17.2. The lowest BCUT2D eigenvalue weighted by Gasteiger charge is -2.19. The van der Waals surface area contributed by atoms with Crippen molar-refractivity contribution < 1.29 is 23.9 Å². The van der Waals surface area contributed by atoms with Crippen LogP contribution in [0.2, 0.25) is 0 Å². The van der Waals surface area contributed by atoms with E-state index in [4.69, 9.17) is 9.47 Å². The van der Waals surface area contributed by atoms with Crippen LogP contribution in [-0.4, -0.2) is 49.0 Å². The number of hydrogen-bond acceptors (Lipinski definition) is 5. The molecular formula is C13H21NO5. The number of hydrogen-bond donors (Lipinski definition) is 0.